The van der Waals surface area contributed by atoms with Gasteiger partial charge in [0.1, 0.15) is 5.78 Å². The molecule has 0 aliphatic carbocycles. The first-order valence-electron chi connectivity index (χ1n) is 4.32. The van der Waals surface area contributed by atoms with E-state index in [1.807, 2.05) is 42.5 Å². The Morgan fingerprint density at radius 1 is 1.07 bits per heavy atom. The Kier molecular flexibility index (Phi) is 8.02. The molecule has 0 aromatic heterocycles. The Hall–Kier alpha value is -0.821. The summed E-state index contributed by atoms with van der Waals surface area (Å²) in [5.74, 6) is 0.0611. The number of halogens is 1. The Balaban J connectivity index is 0.000000280. The van der Waals surface area contributed by atoms with Crippen LogP contribution in [0.25, 0.3) is 0 Å². The molecule has 0 fully saturated rings. The number of hydrogen-bond donors (Lipinski definition) is 0. The SMILES string of the molecule is O=C(CCl)[c-]1cccc1.[Fe].[cH-]1[cH-][cH-][cH-][cH-]1. The summed E-state index contributed by atoms with van der Waals surface area (Å²) in [6.45, 7) is 0. The molecular formula is C12H11ClFeO-6. The van der Waals surface area contributed by atoms with Gasteiger partial charge in [-0.15, -0.1) is 11.6 Å². The first kappa shape index (κ1) is 14.2. The van der Waals surface area contributed by atoms with Gasteiger partial charge in [-0.2, -0.15) is 12.1 Å². The van der Waals surface area contributed by atoms with E-state index in [0.717, 1.165) is 0 Å². The molecule has 2 aromatic rings. The van der Waals surface area contributed by atoms with Crippen LogP contribution in [0.15, 0.2) is 54.6 Å². The van der Waals surface area contributed by atoms with Gasteiger partial charge in [0.25, 0.3) is 0 Å². The maximum absolute atomic E-state index is 10.7. The van der Waals surface area contributed by atoms with Crippen LogP contribution >= 0.6 is 11.6 Å². The second-order valence-electron chi connectivity index (χ2n) is 2.69. The molecule has 0 amide bonds. The molecule has 0 aliphatic rings. The number of rotatable bonds is 2. The molecule has 3 heteroatoms. The minimum absolute atomic E-state index is 0. The van der Waals surface area contributed by atoms with Gasteiger partial charge in [-0.05, 0) is 0 Å². The normalized spacial score (nSPS) is 8.33. The summed E-state index contributed by atoms with van der Waals surface area (Å²) < 4.78 is 0. The van der Waals surface area contributed by atoms with E-state index in [1.165, 1.54) is 0 Å². The molecule has 0 N–H and O–H groups in total. The van der Waals surface area contributed by atoms with Crippen LogP contribution in [0, 0.1) is 0 Å². The average molecular weight is 263 g/mol. The molecule has 0 atom stereocenters. The smallest absolute Gasteiger partial charge is 0.123 e. The molecular weight excluding hydrogens is 251 g/mol. The first-order chi connectivity index (χ1) is 6.84. The van der Waals surface area contributed by atoms with Gasteiger partial charge < -0.3 is 35.1 Å². The second kappa shape index (κ2) is 8.48. The van der Waals surface area contributed by atoms with Crippen LogP contribution in [0.2, 0.25) is 0 Å². The Bertz CT molecular complexity index is 320. The van der Waals surface area contributed by atoms with Gasteiger partial charge in [0.15, 0.2) is 0 Å². The third-order valence-electron chi connectivity index (χ3n) is 1.66. The number of ketones is 1. The van der Waals surface area contributed by atoms with Crippen LogP contribution < -0.4 is 0 Å². The quantitative estimate of drug-likeness (QED) is 0.351. The van der Waals surface area contributed by atoms with E-state index in [9.17, 15) is 4.79 Å². The van der Waals surface area contributed by atoms with E-state index in [2.05, 4.69) is 0 Å². The van der Waals surface area contributed by atoms with Crippen LogP contribution in [0.3, 0.4) is 0 Å². The molecule has 15 heavy (non-hydrogen) atoms. The Morgan fingerprint density at radius 3 is 1.80 bits per heavy atom. The molecule has 0 saturated heterocycles. The number of hydrogen-bond acceptors (Lipinski definition) is 1. The minimum Gasteiger partial charge on any atom is -0.748 e. The molecule has 0 saturated carbocycles. The standard InChI is InChI=1S/C7H6ClO.C5H5.Fe/c8-5-7(9)6-3-1-2-4-6;1-2-4-5-3-1;/h1-4H,5H2;1-5H;/q-1;-5;. The van der Waals surface area contributed by atoms with Crippen molar-refractivity contribution in [2.75, 3.05) is 5.88 Å². The van der Waals surface area contributed by atoms with Crippen molar-refractivity contribution in [2.45, 2.75) is 0 Å². The monoisotopic (exact) mass is 262 g/mol. The van der Waals surface area contributed by atoms with Crippen molar-refractivity contribution >= 4 is 17.4 Å². The van der Waals surface area contributed by atoms with Gasteiger partial charge in [-0.25, -0.2) is 12.1 Å². The zero-order valence-electron chi connectivity index (χ0n) is 8.04. The van der Waals surface area contributed by atoms with Crippen molar-refractivity contribution in [3.05, 3.63) is 60.2 Å². The minimum atomic E-state index is -0.0123. The zero-order chi connectivity index (χ0) is 10.2. The fraction of sp³-hybridized carbons (Fsp3) is 0.0833. The van der Waals surface area contributed by atoms with Crippen LogP contribution in [0.1, 0.15) is 10.4 Å². The molecule has 0 radical (unpaired) electrons. The van der Waals surface area contributed by atoms with Crippen molar-refractivity contribution < 1.29 is 21.9 Å². The van der Waals surface area contributed by atoms with Gasteiger partial charge in [-0.1, -0.05) is 5.56 Å². The van der Waals surface area contributed by atoms with Gasteiger partial charge in [-0.3, -0.25) is 0 Å². The molecule has 0 unspecified atom stereocenters. The van der Waals surface area contributed by atoms with Gasteiger partial charge >= 0.3 is 0 Å². The van der Waals surface area contributed by atoms with Crippen LogP contribution in [0.5, 0.6) is 0 Å². The van der Waals surface area contributed by atoms with Crippen LogP contribution in [-0.4, -0.2) is 11.7 Å². The summed E-state index contributed by atoms with van der Waals surface area (Å²) in [6.07, 6.45) is 0. The summed E-state index contributed by atoms with van der Waals surface area (Å²) in [4.78, 5) is 10.7. The van der Waals surface area contributed by atoms with E-state index in [1.54, 1.807) is 12.1 Å². The van der Waals surface area contributed by atoms with E-state index in [4.69, 9.17) is 11.6 Å². The van der Waals surface area contributed by atoms with E-state index in [-0.39, 0.29) is 28.7 Å². The third-order valence-corrected chi connectivity index (χ3v) is 1.90. The number of carbonyl (C=O) groups excluding carboxylic acids is 1. The molecule has 0 aliphatic heterocycles. The molecule has 1 nitrogen and oxygen atoms in total. The summed E-state index contributed by atoms with van der Waals surface area (Å²) in [5, 5.41) is 0. The van der Waals surface area contributed by atoms with Crippen LogP contribution in [0.4, 0.5) is 0 Å². The maximum Gasteiger partial charge on any atom is 0.123 e. The number of carbonyl (C=O) groups is 1. The summed E-state index contributed by atoms with van der Waals surface area (Å²) >= 11 is 5.29. The van der Waals surface area contributed by atoms with Crippen molar-refractivity contribution in [1.29, 1.82) is 0 Å². The molecule has 2 aromatic carbocycles. The molecule has 0 bridgehead atoms. The van der Waals surface area contributed by atoms with E-state index < -0.39 is 0 Å². The summed E-state index contributed by atoms with van der Waals surface area (Å²) in [7, 11) is 0. The fourth-order valence-electron chi connectivity index (χ4n) is 0.958. The predicted octanol–water partition coefficient (Wildman–Crippen LogP) is 3.23. The largest absolute Gasteiger partial charge is 0.748 e. The average Bonchev–Trinajstić information content (AvgIpc) is 2.91. The van der Waals surface area contributed by atoms with Crippen molar-refractivity contribution in [3.63, 3.8) is 0 Å². The molecule has 0 heterocycles. The van der Waals surface area contributed by atoms with Crippen molar-refractivity contribution in [1.82, 2.24) is 0 Å². The van der Waals surface area contributed by atoms with E-state index in [0.29, 0.717) is 5.56 Å². The molecule has 2 rings (SSSR count). The second-order valence-corrected chi connectivity index (χ2v) is 2.96. The Labute approximate surface area is 105 Å². The van der Waals surface area contributed by atoms with Crippen molar-refractivity contribution in [3.8, 4) is 0 Å². The maximum atomic E-state index is 10.7. The van der Waals surface area contributed by atoms with Gasteiger partial charge in [0.05, 0.1) is 5.88 Å². The molecule has 0 spiro atoms. The predicted molar refractivity (Wildman–Crippen MR) is 59.1 cm³/mol. The van der Waals surface area contributed by atoms with E-state index >= 15 is 0 Å². The first-order valence-corrected chi connectivity index (χ1v) is 4.85. The number of Topliss-reactive ketones (excluding diaryl/α,β-unsaturated/α-hetero) is 1. The van der Waals surface area contributed by atoms with Crippen molar-refractivity contribution in [2.24, 2.45) is 0 Å². The third kappa shape index (κ3) is 5.58. The Morgan fingerprint density at radius 2 is 1.47 bits per heavy atom. The topological polar surface area (TPSA) is 17.1 Å². The van der Waals surface area contributed by atoms with Crippen LogP contribution in [-0.2, 0) is 17.1 Å². The summed E-state index contributed by atoms with van der Waals surface area (Å²) in [6, 6.07) is 17.1. The zero-order valence-corrected chi connectivity index (χ0v) is 9.90. The number of alkyl halides is 1. The fourth-order valence-corrected chi connectivity index (χ4v) is 1.11. The molecule has 86 valence electrons. The summed E-state index contributed by atoms with van der Waals surface area (Å²) in [5.41, 5.74) is 0.699. The van der Waals surface area contributed by atoms with Gasteiger partial charge in [0, 0.05) is 17.1 Å². The van der Waals surface area contributed by atoms with Gasteiger partial charge in [0.2, 0.25) is 0 Å².